The summed E-state index contributed by atoms with van der Waals surface area (Å²) in [6.45, 7) is 1.56. The second-order valence-electron chi connectivity index (χ2n) is 3.80. The van der Waals surface area contributed by atoms with Gasteiger partial charge in [-0.15, -0.1) is 5.92 Å². The number of nitrogens with one attached hydrogen (secondary N) is 1. The van der Waals surface area contributed by atoms with E-state index in [1.807, 2.05) is 0 Å². The topological polar surface area (TPSA) is 92.7 Å². The maximum absolute atomic E-state index is 12.1. The molecular formula is C13H15NO5S. The lowest BCUT2D eigenvalue weighted by atomic mass is 10.1. The van der Waals surface area contributed by atoms with Crippen LogP contribution in [0.2, 0.25) is 0 Å². The summed E-state index contributed by atoms with van der Waals surface area (Å²) in [4.78, 5) is 10.7. The Kier molecular flexibility index (Phi) is 5.55. The fourth-order valence-electron chi connectivity index (χ4n) is 1.54. The molecule has 108 valence electrons. The smallest absolute Gasteiger partial charge is 0.307 e. The zero-order valence-corrected chi connectivity index (χ0v) is 12.0. The van der Waals surface area contributed by atoms with Crippen LogP contribution in [-0.2, 0) is 21.2 Å². The van der Waals surface area contributed by atoms with Gasteiger partial charge in [0, 0.05) is 0 Å². The predicted octanol–water partition coefficient (Wildman–Crippen LogP) is 0.624. The fraction of sp³-hybridized carbons (Fsp3) is 0.308. The van der Waals surface area contributed by atoms with Crippen LogP contribution in [0.1, 0.15) is 12.5 Å². The third-order valence-corrected chi connectivity index (χ3v) is 3.93. The van der Waals surface area contributed by atoms with Crippen LogP contribution < -0.4 is 9.46 Å². The van der Waals surface area contributed by atoms with Crippen LogP contribution >= 0.6 is 0 Å². The average molecular weight is 297 g/mol. The van der Waals surface area contributed by atoms with E-state index in [4.69, 9.17) is 9.84 Å². The highest BCUT2D eigenvalue weighted by molar-refractivity contribution is 7.89. The first-order chi connectivity index (χ1) is 9.40. The summed E-state index contributed by atoms with van der Waals surface area (Å²) in [5.74, 6) is 4.42. The molecule has 1 aromatic carbocycles. The molecule has 0 spiro atoms. The Morgan fingerprint density at radius 1 is 1.45 bits per heavy atom. The van der Waals surface area contributed by atoms with E-state index in [2.05, 4.69) is 16.6 Å². The molecule has 0 saturated carbocycles. The number of sulfonamides is 1. The standard InChI is InChI=1S/C13H15NO5S/c1-3-4-7-14-20(17,18)12-6-5-11(19-2)8-10(12)9-13(15)16/h5-6,8,14H,7,9H2,1-2H3,(H,15,16). The van der Waals surface area contributed by atoms with E-state index in [0.717, 1.165) is 0 Å². The first-order valence-corrected chi connectivity index (χ1v) is 7.17. The van der Waals surface area contributed by atoms with Crippen LogP contribution in [0.5, 0.6) is 5.75 Å². The van der Waals surface area contributed by atoms with Crippen molar-refractivity contribution in [2.24, 2.45) is 0 Å². The molecule has 1 aromatic rings. The molecule has 0 unspecified atom stereocenters. The van der Waals surface area contributed by atoms with Gasteiger partial charge in [-0.1, -0.05) is 5.92 Å². The normalized spacial score (nSPS) is 10.5. The van der Waals surface area contributed by atoms with Crippen LogP contribution in [0.3, 0.4) is 0 Å². The highest BCUT2D eigenvalue weighted by Gasteiger charge is 2.20. The molecule has 0 fully saturated rings. The SMILES string of the molecule is CC#CCNS(=O)(=O)c1ccc(OC)cc1CC(=O)O. The van der Waals surface area contributed by atoms with Crippen molar-refractivity contribution in [1.29, 1.82) is 0 Å². The molecule has 20 heavy (non-hydrogen) atoms. The summed E-state index contributed by atoms with van der Waals surface area (Å²) in [6, 6.07) is 4.18. The summed E-state index contributed by atoms with van der Waals surface area (Å²) in [5, 5.41) is 8.86. The van der Waals surface area contributed by atoms with Crippen LogP contribution in [0.25, 0.3) is 0 Å². The van der Waals surface area contributed by atoms with Gasteiger partial charge in [0.1, 0.15) is 5.75 Å². The number of benzene rings is 1. The highest BCUT2D eigenvalue weighted by atomic mass is 32.2. The van der Waals surface area contributed by atoms with Crippen molar-refractivity contribution in [3.63, 3.8) is 0 Å². The third kappa shape index (κ3) is 4.26. The first-order valence-electron chi connectivity index (χ1n) is 5.68. The van der Waals surface area contributed by atoms with Gasteiger partial charge in [-0.3, -0.25) is 4.79 Å². The molecule has 0 aromatic heterocycles. The van der Waals surface area contributed by atoms with Gasteiger partial charge in [0.05, 0.1) is 25.0 Å². The summed E-state index contributed by atoms with van der Waals surface area (Å²) < 4.78 is 31.5. The monoisotopic (exact) mass is 297 g/mol. The zero-order chi connectivity index (χ0) is 15.2. The maximum atomic E-state index is 12.1. The Bertz CT molecular complexity index is 655. The Balaban J connectivity index is 3.20. The van der Waals surface area contributed by atoms with Crippen molar-refractivity contribution < 1.29 is 23.1 Å². The van der Waals surface area contributed by atoms with Crippen LogP contribution in [0.4, 0.5) is 0 Å². The molecule has 1 rings (SSSR count). The number of carboxylic acids is 1. The van der Waals surface area contributed by atoms with Crippen LogP contribution in [0, 0.1) is 11.8 Å². The number of hydrogen-bond acceptors (Lipinski definition) is 4. The van der Waals surface area contributed by atoms with Gasteiger partial charge in [-0.2, -0.15) is 4.72 Å². The highest BCUT2D eigenvalue weighted by Crippen LogP contribution is 2.22. The van der Waals surface area contributed by atoms with E-state index < -0.39 is 22.4 Å². The second kappa shape index (κ2) is 6.93. The van der Waals surface area contributed by atoms with E-state index in [0.29, 0.717) is 5.75 Å². The quantitative estimate of drug-likeness (QED) is 0.751. The Morgan fingerprint density at radius 2 is 2.15 bits per heavy atom. The van der Waals surface area contributed by atoms with Crippen molar-refractivity contribution in [2.75, 3.05) is 13.7 Å². The van der Waals surface area contributed by atoms with E-state index in [1.54, 1.807) is 6.92 Å². The zero-order valence-electron chi connectivity index (χ0n) is 11.1. The molecule has 7 heteroatoms. The minimum atomic E-state index is -3.81. The molecule has 0 saturated heterocycles. The maximum Gasteiger partial charge on any atom is 0.307 e. The number of ether oxygens (including phenoxy) is 1. The molecule has 0 heterocycles. The molecule has 0 aliphatic heterocycles. The molecule has 0 aliphatic carbocycles. The third-order valence-electron chi connectivity index (χ3n) is 2.43. The molecule has 0 amide bonds. The molecular weight excluding hydrogens is 282 g/mol. The van der Waals surface area contributed by atoms with Gasteiger partial charge >= 0.3 is 5.97 Å². The number of aliphatic carboxylic acids is 1. The lowest BCUT2D eigenvalue weighted by Gasteiger charge is -2.10. The molecule has 0 bridgehead atoms. The number of hydrogen-bond donors (Lipinski definition) is 2. The summed E-state index contributed by atoms with van der Waals surface area (Å²) in [6.07, 6.45) is -0.410. The van der Waals surface area contributed by atoms with E-state index in [-0.39, 0.29) is 17.0 Å². The Morgan fingerprint density at radius 3 is 2.70 bits per heavy atom. The molecule has 0 aliphatic rings. The number of methoxy groups -OCH3 is 1. The lowest BCUT2D eigenvalue weighted by molar-refractivity contribution is -0.136. The number of carboxylic acid groups (broad SMARTS) is 1. The summed E-state index contributed by atoms with van der Waals surface area (Å²) in [5.41, 5.74) is 0.161. The lowest BCUT2D eigenvalue weighted by Crippen LogP contribution is -2.25. The summed E-state index contributed by atoms with van der Waals surface area (Å²) >= 11 is 0. The number of carbonyl (C=O) groups is 1. The predicted molar refractivity (Wildman–Crippen MR) is 73.0 cm³/mol. The van der Waals surface area contributed by atoms with Crippen molar-refractivity contribution in [3.05, 3.63) is 23.8 Å². The molecule has 6 nitrogen and oxygen atoms in total. The van der Waals surface area contributed by atoms with E-state index >= 15 is 0 Å². The van der Waals surface area contributed by atoms with E-state index in [1.165, 1.54) is 25.3 Å². The van der Waals surface area contributed by atoms with Gasteiger partial charge in [-0.25, -0.2) is 8.42 Å². The van der Waals surface area contributed by atoms with Crippen molar-refractivity contribution in [3.8, 4) is 17.6 Å². The largest absolute Gasteiger partial charge is 0.497 e. The van der Waals surface area contributed by atoms with Gasteiger partial charge < -0.3 is 9.84 Å². The molecule has 0 radical (unpaired) electrons. The molecule has 0 atom stereocenters. The Labute approximate surface area is 117 Å². The van der Waals surface area contributed by atoms with Crippen molar-refractivity contribution >= 4 is 16.0 Å². The first kappa shape index (κ1) is 16.0. The minimum absolute atomic E-state index is 0.0304. The summed E-state index contributed by atoms with van der Waals surface area (Å²) in [7, 11) is -2.39. The number of rotatable bonds is 6. The van der Waals surface area contributed by atoms with Crippen LogP contribution in [-0.4, -0.2) is 33.1 Å². The molecule has 2 N–H and O–H groups in total. The van der Waals surface area contributed by atoms with Gasteiger partial charge in [0.15, 0.2) is 0 Å². The van der Waals surface area contributed by atoms with Gasteiger partial charge in [-0.05, 0) is 30.7 Å². The fourth-order valence-corrected chi connectivity index (χ4v) is 2.68. The second-order valence-corrected chi connectivity index (χ2v) is 5.53. The van der Waals surface area contributed by atoms with Crippen LogP contribution in [0.15, 0.2) is 23.1 Å². The van der Waals surface area contributed by atoms with Gasteiger partial charge in [0.25, 0.3) is 0 Å². The van der Waals surface area contributed by atoms with E-state index in [9.17, 15) is 13.2 Å². The minimum Gasteiger partial charge on any atom is -0.497 e. The Hall–Kier alpha value is -2.04. The average Bonchev–Trinajstić information content (AvgIpc) is 2.37. The van der Waals surface area contributed by atoms with Crippen molar-refractivity contribution in [1.82, 2.24) is 4.72 Å². The van der Waals surface area contributed by atoms with Crippen molar-refractivity contribution in [2.45, 2.75) is 18.2 Å². The van der Waals surface area contributed by atoms with Gasteiger partial charge in [0.2, 0.25) is 10.0 Å².